The summed E-state index contributed by atoms with van der Waals surface area (Å²) in [5.74, 6) is -0.0326. The molecule has 2 aromatic carbocycles. The number of urea groups is 1. The predicted molar refractivity (Wildman–Crippen MR) is 116 cm³/mol. The summed E-state index contributed by atoms with van der Waals surface area (Å²) in [6.45, 7) is 7.26. The molecular weight excluding hydrogens is 364 g/mol. The quantitative estimate of drug-likeness (QED) is 0.776. The van der Waals surface area contributed by atoms with Gasteiger partial charge in [0.2, 0.25) is 0 Å². The van der Waals surface area contributed by atoms with Crippen molar-refractivity contribution in [1.82, 2.24) is 10.2 Å². The van der Waals surface area contributed by atoms with Gasteiger partial charge in [0.25, 0.3) is 5.91 Å². The fourth-order valence-corrected chi connectivity index (χ4v) is 4.28. The number of fused-ring (bicyclic) bond motifs is 1. The Morgan fingerprint density at radius 2 is 1.76 bits per heavy atom. The van der Waals surface area contributed by atoms with Crippen molar-refractivity contribution in [2.24, 2.45) is 0 Å². The maximum Gasteiger partial charge on any atom is 0.321 e. The molecule has 2 N–H and O–H groups in total. The minimum Gasteiger partial charge on any atom is -0.351 e. The van der Waals surface area contributed by atoms with Gasteiger partial charge >= 0.3 is 6.03 Å². The lowest BCUT2D eigenvalue weighted by atomic mass is 9.90. The van der Waals surface area contributed by atoms with E-state index in [1.165, 1.54) is 5.56 Å². The van der Waals surface area contributed by atoms with Crippen molar-refractivity contribution in [3.63, 3.8) is 0 Å². The molecule has 6 heteroatoms. The zero-order chi connectivity index (χ0) is 20.8. The Balaban J connectivity index is 1.46. The van der Waals surface area contributed by atoms with Crippen LogP contribution >= 0.6 is 0 Å². The van der Waals surface area contributed by atoms with E-state index in [4.69, 9.17) is 0 Å². The van der Waals surface area contributed by atoms with Crippen LogP contribution in [0, 0.1) is 20.8 Å². The third kappa shape index (κ3) is 3.43. The minimum absolute atomic E-state index is 0.0326. The summed E-state index contributed by atoms with van der Waals surface area (Å²) in [4.78, 5) is 29.5. The van der Waals surface area contributed by atoms with Gasteiger partial charge in [0.15, 0.2) is 0 Å². The Bertz CT molecular complexity index is 977. The van der Waals surface area contributed by atoms with Crippen molar-refractivity contribution in [2.45, 2.75) is 39.3 Å². The predicted octanol–water partition coefficient (Wildman–Crippen LogP) is 3.82. The average molecular weight is 393 g/mol. The highest BCUT2D eigenvalue weighted by molar-refractivity contribution is 6.02. The molecule has 0 bridgehead atoms. The van der Waals surface area contributed by atoms with Crippen LogP contribution in [0.2, 0.25) is 0 Å². The number of piperidine rings is 1. The minimum atomic E-state index is -0.448. The van der Waals surface area contributed by atoms with Gasteiger partial charge in [-0.15, -0.1) is 0 Å². The van der Waals surface area contributed by atoms with Crippen LogP contribution in [0.1, 0.15) is 39.9 Å². The van der Waals surface area contributed by atoms with E-state index in [9.17, 15) is 9.59 Å². The fourth-order valence-electron chi connectivity index (χ4n) is 4.28. The van der Waals surface area contributed by atoms with Crippen LogP contribution in [-0.4, -0.2) is 42.6 Å². The van der Waals surface area contributed by atoms with E-state index in [1.807, 2.05) is 62.2 Å². The number of nitrogens with zero attached hydrogens (tertiary/aromatic N) is 2. The van der Waals surface area contributed by atoms with Gasteiger partial charge in [0.05, 0.1) is 11.3 Å². The molecule has 152 valence electrons. The molecule has 2 aromatic rings. The normalized spacial score (nSPS) is 17.7. The first kappa shape index (κ1) is 19.3. The lowest BCUT2D eigenvalue weighted by Crippen LogP contribution is -2.67. The monoisotopic (exact) mass is 392 g/mol. The molecular formula is C23H28N4O2. The van der Waals surface area contributed by atoms with Gasteiger partial charge < -0.3 is 20.4 Å². The molecule has 3 amide bonds. The number of nitrogens with one attached hydrogen (secondary N) is 2. The van der Waals surface area contributed by atoms with Crippen molar-refractivity contribution in [3.05, 3.63) is 58.7 Å². The Morgan fingerprint density at radius 1 is 1.03 bits per heavy atom. The van der Waals surface area contributed by atoms with E-state index in [2.05, 4.69) is 22.5 Å². The molecule has 0 saturated carbocycles. The van der Waals surface area contributed by atoms with Gasteiger partial charge in [-0.2, -0.15) is 0 Å². The van der Waals surface area contributed by atoms with Crippen LogP contribution < -0.4 is 15.5 Å². The van der Waals surface area contributed by atoms with Gasteiger partial charge in [0, 0.05) is 38.7 Å². The molecule has 0 aromatic heterocycles. The van der Waals surface area contributed by atoms with Crippen molar-refractivity contribution < 1.29 is 9.59 Å². The molecule has 6 nitrogen and oxygen atoms in total. The number of likely N-dealkylation sites (tertiary alicyclic amines) is 1. The lowest BCUT2D eigenvalue weighted by Gasteiger charge is -2.51. The zero-order valence-corrected chi connectivity index (χ0v) is 17.5. The third-order valence-electron chi connectivity index (χ3n) is 6.38. The summed E-state index contributed by atoms with van der Waals surface area (Å²) >= 11 is 0. The van der Waals surface area contributed by atoms with Crippen molar-refractivity contribution in [3.8, 4) is 0 Å². The van der Waals surface area contributed by atoms with Gasteiger partial charge in [-0.1, -0.05) is 17.7 Å². The molecule has 1 spiro atoms. The number of rotatable bonds is 1. The number of benzene rings is 2. The van der Waals surface area contributed by atoms with E-state index >= 15 is 0 Å². The second-order valence-corrected chi connectivity index (χ2v) is 8.28. The summed E-state index contributed by atoms with van der Waals surface area (Å²) in [7, 11) is 2.03. The number of hydrogen-bond donors (Lipinski definition) is 2. The van der Waals surface area contributed by atoms with Crippen LogP contribution in [0.3, 0.4) is 0 Å². The third-order valence-corrected chi connectivity index (χ3v) is 6.38. The van der Waals surface area contributed by atoms with Crippen LogP contribution in [-0.2, 0) is 0 Å². The standard InChI is InChI=1S/C23H28N4O2/c1-15-5-8-20-19(13-15)21(28)25-23(26(20)4)9-11-27(12-10-23)22(29)24-18-7-6-16(2)17(3)14-18/h5-8,13-14H,9-12H2,1-4H3,(H,24,29)(H,25,28). The maximum atomic E-state index is 12.7. The molecule has 2 aliphatic heterocycles. The summed E-state index contributed by atoms with van der Waals surface area (Å²) in [6.07, 6.45) is 1.37. The molecule has 0 radical (unpaired) electrons. The van der Waals surface area contributed by atoms with Crippen LogP contribution in [0.4, 0.5) is 16.2 Å². The molecule has 1 saturated heterocycles. The number of carbonyl (C=O) groups is 2. The van der Waals surface area contributed by atoms with Gasteiger partial charge in [-0.25, -0.2) is 4.79 Å². The van der Waals surface area contributed by atoms with E-state index in [0.717, 1.165) is 22.5 Å². The van der Waals surface area contributed by atoms with Crippen LogP contribution in [0.5, 0.6) is 0 Å². The van der Waals surface area contributed by atoms with E-state index in [1.54, 1.807) is 0 Å². The number of anilines is 2. The number of carbonyl (C=O) groups excluding carboxylic acids is 2. The fraction of sp³-hybridized carbons (Fsp3) is 0.391. The second-order valence-electron chi connectivity index (χ2n) is 8.28. The lowest BCUT2D eigenvalue weighted by molar-refractivity contribution is 0.0815. The topological polar surface area (TPSA) is 64.7 Å². The van der Waals surface area contributed by atoms with Gasteiger partial charge in [-0.05, 0) is 56.2 Å². The number of aryl methyl sites for hydroxylation is 3. The number of hydrogen-bond acceptors (Lipinski definition) is 3. The van der Waals surface area contributed by atoms with Crippen LogP contribution in [0.15, 0.2) is 36.4 Å². The molecule has 0 aliphatic carbocycles. The molecule has 2 aliphatic rings. The number of amides is 3. The van der Waals surface area contributed by atoms with Gasteiger partial charge in [0.1, 0.15) is 5.66 Å². The Hall–Kier alpha value is -3.02. The second kappa shape index (κ2) is 7.10. The van der Waals surface area contributed by atoms with E-state index in [-0.39, 0.29) is 11.9 Å². The Kier molecular flexibility index (Phi) is 4.73. The van der Waals surface area contributed by atoms with Gasteiger partial charge in [-0.3, -0.25) is 4.79 Å². The van der Waals surface area contributed by atoms with E-state index < -0.39 is 5.66 Å². The Morgan fingerprint density at radius 3 is 2.45 bits per heavy atom. The summed E-state index contributed by atoms with van der Waals surface area (Å²) in [5, 5.41) is 6.22. The Labute approximate surface area is 171 Å². The summed E-state index contributed by atoms with van der Waals surface area (Å²) < 4.78 is 0. The average Bonchev–Trinajstić information content (AvgIpc) is 2.69. The van der Waals surface area contributed by atoms with Crippen LogP contribution in [0.25, 0.3) is 0 Å². The first-order valence-electron chi connectivity index (χ1n) is 10.1. The molecule has 2 heterocycles. The molecule has 1 fully saturated rings. The first-order valence-corrected chi connectivity index (χ1v) is 10.1. The van der Waals surface area contributed by atoms with E-state index in [0.29, 0.717) is 31.5 Å². The van der Waals surface area contributed by atoms with Crippen molar-refractivity contribution >= 4 is 23.3 Å². The maximum absolute atomic E-state index is 12.7. The zero-order valence-electron chi connectivity index (χ0n) is 17.5. The summed E-state index contributed by atoms with van der Waals surface area (Å²) in [5.41, 5.74) is 5.46. The van der Waals surface area contributed by atoms with Crippen molar-refractivity contribution in [1.29, 1.82) is 0 Å². The molecule has 0 unspecified atom stereocenters. The highest BCUT2D eigenvalue weighted by Crippen LogP contribution is 2.36. The first-order chi connectivity index (χ1) is 13.8. The smallest absolute Gasteiger partial charge is 0.321 e. The highest BCUT2D eigenvalue weighted by Gasteiger charge is 2.44. The highest BCUT2D eigenvalue weighted by atomic mass is 16.2. The SMILES string of the molecule is Cc1ccc2c(c1)C(=O)NC1(CCN(C(=O)Nc3ccc(C)c(C)c3)CC1)N2C. The van der Waals surface area contributed by atoms with Crippen molar-refractivity contribution in [2.75, 3.05) is 30.4 Å². The molecule has 29 heavy (non-hydrogen) atoms. The largest absolute Gasteiger partial charge is 0.351 e. The molecule has 0 atom stereocenters. The molecule has 4 rings (SSSR count). The summed E-state index contributed by atoms with van der Waals surface area (Å²) in [6, 6.07) is 11.8.